The van der Waals surface area contributed by atoms with Crippen molar-refractivity contribution in [1.82, 2.24) is 10.2 Å². The van der Waals surface area contributed by atoms with Crippen LogP contribution in [0.4, 0.5) is 10.5 Å². The molecule has 0 bridgehead atoms. The zero-order valence-electron chi connectivity index (χ0n) is 24.8. The van der Waals surface area contributed by atoms with Gasteiger partial charge in [0.2, 0.25) is 5.91 Å². The summed E-state index contributed by atoms with van der Waals surface area (Å²) in [4.78, 5) is 42.6. The average molecular weight is 546 g/mol. The van der Waals surface area contributed by atoms with Crippen molar-refractivity contribution >= 4 is 34.4 Å². The van der Waals surface area contributed by atoms with Crippen LogP contribution >= 0.6 is 0 Å². The molecular weight excluding hydrogens is 502 g/mol. The maximum absolute atomic E-state index is 14.2. The number of ether oxygens (including phenoxy) is 1. The highest BCUT2D eigenvalue weighted by molar-refractivity contribution is 6.00. The molecule has 7 heteroatoms. The van der Waals surface area contributed by atoms with Gasteiger partial charge in [0.1, 0.15) is 17.7 Å². The Hall–Kier alpha value is -3.87. The Balaban J connectivity index is 2.01. The van der Waals surface area contributed by atoms with Gasteiger partial charge in [-0.25, -0.2) is 4.79 Å². The second-order valence-electron chi connectivity index (χ2n) is 11.4. The monoisotopic (exact) mass is 545 g/mol. The van der Waals surface area contributed by atoms with Gasteiger partial charge in [-0.15, -0.1) is 0 Å². The first-order chi connectivity index (χ1) is 18.9. The Bertz CT molecular complexity index is 1330. The van der Waals surface area contributed by atoms with Gasteiger partial charge >= 0.3 is 6.09 Å². The van der Waals surface area contributed by atoms with Crippen LogP contribution in [-0.2, 0) is 14.3 Å². The van der Waals surface area contributed by atoms with Crippen LogP contribution in [0.3, 0.4) is 0 Å². The van der Waals surface area contributed by atoms with Crippen LogP contribution in [0.2, 0.25) is 0 Å². The molecule has 0 aromatic heterocycles. The lowest BCUT2D eigenvalue weighted by Gasteiger charge is -2.36. The summed E-state index contributed by atoms with van der Waals surface area (Å²) < 4.78 is 5.48. The fraction of sp³-hybridized carbons (Fsp3) is 0.424. The third-order valence-electron chi connectivity index (χ3n) is 6.83. The number of alkyl carbamates (subject to hydrolysis) is 1. The lowest BCUT2D eigenvalue weighted by atomic mass is 9.95. The van der Waals surface area contributed by atoms with Crippen LogP contribution in [0.25, 0.3) is 10.8 Å². The molecule has 3 rings (SSSR count). The van der Waals surface area contributed by atoms with E-state index in [9.17, 15) is 14.4 Å². The maximum atomic E-state index is 14.2. The van der Waals surface area contributed by atoms with Crippen molar-refractivity contribution in [3.05, 3.63) is 77.9 Å². The molecule has 0 radical (unpaired) electrons. The molecule has 0 aliphatic rings. The van der Waals surface area contributed by atoms with E-state index in [0.717, 1.165) is 16.3 Å². The van der Waals surface area contributed by atoms with Crippen molar-refractivity contribution in [2.24, 2.45) is 5.92 Å². The zero-order chi connectivity index (χ0) is 29.4. The normalized spacial score (nSPS) is 13.7. The summed E-state index contributed by atoms with van der Waals surface area (Å²) in [5.74, 6) is -0.814. The Morgan fingerprint density at radius 3 is 2.25 bits per heavy atom. The number of rotatable bonds is 10. The van der Waals surface area contributed by atoms with Crippen LogP contribution in [0.15, 0.2) is 66.7 Å². The Kier molecular flexibility index (Phi) is 10.3. The molecule has 40 heavy (non-hydrogen) atoms. The first-order valence-electron chi connectivity index (χ1n) is 14.1. The van der Waals surface area contributed by atoms with Crippen molar-refractivity contribution in [3.63, 3.8) is 0 Å². The first-order valence-corrected chi connectivity index (χ1v) is 14.1. The molecule has 214 valence electrons. The third-order valence-corrected chi connectivity index (χ3v) is 6.83. The van der Waals surface area contributed by atoms with Gasteiger partial charge in [0.05, 0.1) is 0 Å². The van der Waals surface area contributed by atoms with Crippen LogP contribution in [0.5, 0.6) is 0 Å². The lowest BCUT2D eigenvalue weighted by molar-refractivity contribution is -0.141. The van der Waals surface area contributed by atoms with Gasteiger partial charge in [0, 0.05) is 12.2 Å². The smallest absolute Gasteiger partial charge is 0.408 e. The molecule has 3 aromatic rings. The highest BCUT2D eigenvalue weighted by atomic mass is 16.6. The van der Waals surface area contributed by atoms with Crippen LogP contribution in [-0.4, -0.2) is 41.0 Å². The fourth-order valence-electron chi connectivity index (χ4n) is 4.69. The number of amides is 3. The minimum Gasteiger partial charge on any atom is -0.444 e. The number of hydrogen-bond donors (Lipinski definition) is 2. The molecule has 0 saturated carbocycles. The summed E-state index contributed by atoms with van der Waals surface area (Å²) in [6, 6.07) is 19.6. The van der Waals surface area contributed by atoms with Gasteiger partial charge in [-0.2, -0.15) is 0 Å². The van der Waals surface area contributed by atoms with E-state index < -0.39 is 23.8 Å². The minimum atomic E-state index is -0.897. The molecular formula is C33H43N3O4. The van der Waals surface area contributed by atoms with Crippen molar-refractivity contribution in [3.8, 4) is 0 Å². The van der Waals surface area contributed by atoms with Crippen LogP contribution < -0.4 is 10.6 Å². The van der Waals surface area contributed by atoms with Crippen molar-refractivity contribution in [2.75, 3.05) is 11.9 Å². The SMILES string of the molecule is CCCN(C(=O)C(NC(=O)OC(C)(C)C)C(C)CC)C(C(=O)Nc1ccc2ccccc2c1)c1cccc(C)c1. The minimum absolute atomic E-state index is 0.180. The number of anilines is 1. The topological polar surface area (TPSA) is 87.7 Å². The first kappa shape index (κ1) is 30.7. The van der Waals surface area contributed by atoms with Crippen molar-refractivity contribution < 1.29 is 19.1 Å². The summed E-state index contributed by atoms with van der Waals surface area (Å²) in [7, 11) is 0. The van der Waals surface area contributed by atoms with Gasteiger partial charge < -0.3 is 20.3 Å². The molecule has 3 unspecified atom stereocenters. The molecule has 2 N–H and O–H groups in total. The third kappa shape index (κ3) is 8.07. The number of hydrogen-bond acceptors (Lipinski definition) is 4. The molecule has 0 fully saturated rings. The molecule has 0 aliphatic heterocycles. The van der Waals surface area contributed by atoms with Crippen LogP contribution in [0.1, 0.15) is 71.6 Å². The van der Waals surface area contributed by atoms with Gasteiger partial charge in [-0.05, 0) is 68.5 Å². The van der Waals surface area contributed by atoms with E-state index in [-0.39, 0.29) is 17.7 Å². The predicted octanol–water partition coefficient (Wildman–Crippen LogP) is 7.01. The predicted molar refractivity (Wildman–Crippen MR) is 161 cm³/mol. The molecule has 3 amide bonds. The van der Waals surface area contributed by atoms with E-state index in [0.29, 0.717) is 30.6 Å². The summed E-state index contributed by atoms with van der Waals surface area (Å²) in [5.41, 5.74) is 1.63. The van der Waals surface area contributed by atoms with Crippen LogP contribution in [0, 0.1) is 12.8 Å². The van der Waals surface area contributed by atoms with Gasteiger partial charge in [0.25, 0.3) is 5.91 Å². The van der Waals surface area contributed by atoms with E-state index in [1.165, 1.54) is 0 Å². The second kappa shape index (κ2) is 13.5. The molecule has 3 atom stereocenters. The van der Waals surface area contributed by atoms with E-state index in [1.54, 1.807) is 25.7 Å². The second-order valence-corrected chi connectivity index (χ2v) is 11.4. The standard InChI is InChI=1S/C33H43N3O4/c1-8-19-36(31(38)28(23(4)9-2)35-32(39)40-33(5,6)7)29(26-16-12-13-22(3)20-26)30(37)34-27-18-17-24-14-10-11-15-25(24)21-27/h10-18,20-21,23,28-29H,8-9,19H2,1-7H3,(H,34,37)(H,35,39). The van der Waals surface area contributed by atoms with E-state index in [2.05, 4.69) is 10.6 Å². The number of aryl methyl sites for hydroxylation is 1. The van der Waals surface area contributed by atoms with Gasteiger partial charge in [-0.3, -0.25) is 9.59 Å². The Morgan fingerprint density at radius 2 is 1.62 bits per heavy atom. The maximum Gasteiger partial charge on any atom is 0.408 e. The largest absolute Gasteiger partial charge is 0.444 e. The summed E-state index contributed by atoms with van der Waals surface area (Å²) in [6.45, 7) is 13.5. The molecule has 0 heterocycles. The molecule has 7 nitrogen and oxygen atoms in total. The van der Waals surface area contributed by atoms with E-state index in [1.807, 2.05) is 94.4 Å². The molecule has 0 spiro atoms. The summed E-state index contributed by atoms with van der Waals surface area (Å²) >= 11 is 0. The highest BCUT2D eigenvalue weighted by Gasteiger charge is 2.37. The number of nitrogens with one attached hydrogen (secondary N) is 2. The lowest BCUT2D eigenvalue weighted by Crippen LogP contribution is -2.54. The molecule has 0 aliphatic carbocycles. The number of benzene rings is 3. The van der Waals surface area contributed by atoms with Crippen molar-refractivity contribution in [2.45, 2.75) is 79.0 Å². The fourth-order valence-corrected chi connectivity index (χ4v) is 4.69. The highest BCUT2D eigenvalue weighted by Crippen LogP contribution is 2.28. The summed E-state index contributed by atoms with van der Waals surface area (Å²) in [6.07, 6.45) is 0.636. The zero-order valence-corrected chi connectivity index (χ0v) is 24.8. The van der Waals surface area contributed by atoms with E-state index in [4.69, 9.17) is 4.74 Å². The van der Waals surface area contributed by atoms with Crippen molar-refractivity contribution in [1.29, 1.82) is 0 Å². The van der Waals surface area contributed by atoms with Gasteiger partial charge in [0.15, 0.2) is 0 Å². The molecule has 0 saturated heterocycles. The number of carbonyl (C=O) groups excluding carboxylic acids is 3. The number of carbonyl (C=O) groups is 3. The molecule has 3 aromatic carbocycles. The number of fused-ring (bicyclic) bond motifs is 1. The Labute approximate surface area is 238 Å². The van der Waals surface area contributed by atoms with Gasteiger partial charge in [-0.1, -0.05) is 87.4 Å². The average Bonchev–Trinajstić information content (AvgIpc) is 2.89. The van der Waals surface area contributed by atoms with E-state index >= 15 is 0 Å². The number of nitrogens with zero attached hydrogens (tertiary/aromatic N) is 1. The summed E-state index contributed by atoms with van der Waals surface area (Å²) in [5, 5.41) is 7.94. The Morgan fingerprint density at radius 1 is 0.925 bits per heavy atom. The quantitative estimate of drug-likeness (QED) is 0.287.